The number of nitrogens with zero attached hydrogens (tertiary/aromatic N) is 2. The summed E-state index contributed by atoms with van der Waals surface area (Å²) in [5, 5.41) is 29.8. The number of benzene rings is 1. The molecule has 3 N–H and O–H groups in total. The van der Waals surface area contributed by atoms with Crippen LogP contribution in [-0.2, 0) is 16.1 Å². The number of hydrogen-bond donors (Lipinski definition) is 3. The number of amides is 1. The fourth-order valence-corrected chi connectivity index (χ4v) is 4.12. The van der Waals surface area contributed by atoms with Crippen molar-refractivity contribution in [2.24, 2.45) is 4.99 Å². The van der Waals surface area contributed by atoms with Gasteiger partial charge in [0.25, 0.3) is 0 Å². The zero-order valence-electron chi connectivity index (χ0n) is 14.3. The third-order valence-corrected chi connectivity index (χ3v) is 5.46. The van der Waals surface area contributed by atoms with Gasteiger partial charge in [-0.1, -0.05) is 42.1 Å². The Balaban J connectivity index is 1.66. The highest BCUT2D eigenvalue weighted by Gasteiger charge is 2.49. The Hall–Kier alpha value is -1.65. The molecule has 2 aliphatic rings. The lowest BCUT2D eigenvalue weighted by atomic mass is 9.99. The normalized spacial score (nSPS) is 30.5. The second kappa shape index (κ2) is 8.36. The molecule has 0 bridgehead atoms. The maximum Gasteiger partial charge on any atom is 0.416 e. The van der Waals surface area contributed by atoms with Crippen LogP contribution in [0.15, 0.2) is 35.3 Å². The second-order valence-corrected chi connectivity index (χ2v) is 7.08. The van der Waals surface area contributed by atoms with Gasteiger partial charge in [-0.05, 0) is 12.5 Å². The van der Waals surface area contributed by atoms with E-state index in [1.54, 1.807) is 6.92 Å². The summed E-state index contributed by atoms with van der Waals surface area (Å²) in [5.74, 6) is 0. The van der Waals surface area contributed by atoms with E-state index in [-0.39, 0.29) is 6.61 Å². The van der Waals surface area contributed by atoms with Crippen LogP contribution in [0.1, 0.15) is 12.5 Å². The SMILES string of the molecule is CCN(C(=O)OCc1ccccc1)C1=N[C@@H]2[C@@H](O)[C@H](O)[C@@H](CO)O[C@@H]2S1. The lowest BCUT2D eigenvalue weighted by Gasteiger charge is -2.37. The first-order chi connectivity index (χ1) is 12.5. The van der Waals surface area contributed by atoms with Gasteiger partial charge < -0.3 is 24.8 Å². The zero-order valence-corrected chi connectivity index (χ0v) is 15.1. The summed E-state index contributed by atoms with van der Waals surface area (Å²) in [6.45, 7) is 1.86. The number of thioether (sulfide) groups is 1. The van der Waals surface area contributed by atoms with Gasteiger partial charge in [0, 0.05) is 6.54 Å². The largest absolute Gasteiger partial charge is 0.444 e. The van der Waals surface area contributed by atoms with Crippen LogP contribution in [0.25, 0.3) is 0 Å². The molecular weight excluding hydrogens is 360 g/mol. The Morgan fingerprint density at radius 1 is 1.31 bits per heavy atom. The monoisotopic (exact) mass is 382 g/mol. The van der Waals surface area contributed by atoms with Crippen LogP contribution in [0.2, 0.25) is 0 Å². The highest BCUT2D eigenvalue weighted by atomic mass is 32.2. The first-order valence-electron chi connectivity index (χ1n) is 8.40. The fraction of sp³-hybridized carbons (Fsp3) is 0.529. The molecule has 26 heavy (non-hydrogen) atoms. The van der Waals surface area contributed by atoms with Gasteiger partial charge >= 0.3 is 6.09 Å². The third kappa shape index (κ3) is 3.86. The molecule has 0 unspecified atom stereocenters. The zero-order chi connectivity index (χ0) is 18.7. The topological polar surface area (TPSA) is 112 Å². The molecule has 5 atom stereocenters. The number of amidine groups is 1. The smallest absolute Gasteiger partial charge is 0.416 e. The predicted octanol–water partition coefficient (Wildman–Crippen LogP) is 0.555. The number of aliphatic imine (C=N–C) groups is 1. The first-order valence-corrected chi connectivity index (χ1v) is 9.28. The lowest BCUT2D eigenvalue weighted by molar-refractivity contribution is -0.164. The molecule has 1 saturated heterocycles. The molecule has 2 heterocycles. The molecule has 1 fully saturated rings. The van der Waals surface area contributed by atoms with Crippen molar-refractivity contribution in [3.05, 3.63) is 35.9 Å². The second-order valence-electron chi connectivity index (χ2n) is 6.01. The Morgan fingerprint density at radius 3 is 2.69 bits per heavy atom. The van der Waals surface area contributed by atoms with Crippen molar-refractivity contribution in [3.63, 3.8) is 0 Å². The summed E-state index contributed by atoms with van der Waals surface area (Å²) >= 11 is 1.17. The van der Waals surface area contributed by atoms with Crippen molar-refractivity contribution in [1.29, 1.82) is 0 Å². The van der Waals surface area contributed by atoms with Gasteiger partial charge in [-0.2, -0.15) is 0 Å². The van der Waals surface area contributed by atoms with Crippen molar-refractivity contribution >= 4 is 23.0 Å². The summed E-state index contributed by atoms with van der Waals surface area (Å²) in [7, 11) is 0. The summed E-state index contributed by atoms with van der Waals surface area (Å²) in [6, 6.07) is 8.63. The van der Waals surface area contributed by atoms with E-state index >= 15 is 0 Å². The molecule has 8 nitrogen and oxygen atoms in total. The van der Waals surface area contributed by atoms with Crippen LogP contribution >= 0.6 is 11.8 Å². The summed E-state index contributed by atoms with van der Waals surface area (Å²) in [5.41, 5.74) is 0.302. The molecule has 3 rings (SSSR count). The van der Waals surface area contributed by atoms with E-state index < -0.39 is 42.5 Å². The van der Waals surface area contributed by atoms with Gasteiger partial charge in [0.05, 0.1) is 6.61 Å². The number of rotatable bonds is 4. The van der Waals surface area contributed by atoms with Crippen molar-refractivity contribution in [2.45, 2.75) is 43.3 Å². The number of hydrogen-bond acceptors (Lipinski definition) is 8. The van der Waals surface area contributed by atoms with Crippen molar-refractivity contribution in [3.8, 4) is 0 Å². The van der Waals surface area contributed by atoms with E-state index in [4.69, 9.17) is 9.47 Å². The molecule has 0 radical (unpaired) electrons. The van der Waals surface area contributed by atoms with Gasteiger partial charge in [0.1, 0.15) is 36.4 Å². The van der Waals surface area contributed by atoms with E-state index in [1.807, 2.05) is 30.3 Å². The average molecular weight is 382 g/mol. The van der Waals surface area contributed by atoms with Crippen LogP contribution in [0, 0.1) is 0 Å². The predicted molar refractivity (Wildman–Crippen MR) is 95.6 cm³/mol. The van der Waals surface area contributed by atoms with E-state index in [1.165, 1.54) is 16.7 Å². The molecule has 142 valence electrons. The minimum Gasteiger partial charge on any atom is -0.444 e. The van der Waals surface area contributed by atoms with Crippen molar-refractivity contribution in [1.82, 2.24) is 4.90 Å². The van der Waals surface area contributed by atoms with Crippen LogP contribution in [-0.4, -0.2) is 74.4 Å². The van der Waals surface area contributed by atoms with E-state index in [0.29, 0.717) is 11.7 Å². The highest BCUT2D eigenvalue weighted by Crippen LogP contribution is 2.37. The van der Waals surface area contributed by atoms with E-state index in [0.717, 1.165) is 5.56 Å². The summed E-state index contributed by atoms with van der Waals surface area (Å²) in [4.78, 5) is 18.1. The molecule has 0 spiro atoms. The minimum atomic E-state index is -1.23. The van der Waals surface area contributed by atoms with Gasteiger partial charge in [0.15, 0.2) is 5.17 Å². The quantitative estimate of drug-likeness (QED) is 0.697. The number of aliphatic hydroxyl groups is 3. The Kier molecular flexibility index (Phi) is 6.15. The number of carbonyl (C=O) groups is 1. The van der Waals surface area contributed by atoms with Crippen LogP contribution in [0.3, 0.4) is 0 Å². The average Bonchev–Trinajstić information content (AvgIpc) is 3.08. The molecule has 0 aromatic heterocycles. The van der Waals surface area contributed by atoms with Crippen LogP contribution in [0.4, 0.5) is 4.79 Å². The molecule has 0 saturated carbocycles. The standard InChI is InChI=1S/C17H22N2O6S/c1-2-19(17(23)24-9-10-6-4-3-5-7-10)16-18-12-14(22)13(21)11(8-20)25-15(12)26-16/h3-7,11-15,20-22H,2,8-9H2,1H3/t11-,12-,13-,14-,15-/m1/s1. The van der Waals surface area contributed by atoms with E-state index in [9.17, 15) is 20.1 Å². The molecule has 1 aromatic rings. The van der Waals surface area contributed by atoms with Gasteiger partial charge in [-0.3, -0.25) is 9.89 Å². The van der Waals surface area contributed by atoms with Crippen molar-refractivity contribution < 1.29 is 29.6 Å². The first kappa shape index (κ1) is 19.1. The highest BCUT2D eigenvalue weighted by molar-refractivity contribution is 8.14. The molecule has 9 heteroatoms. The van der Waals surface area contributed by atoms with Gasteiger partial charge in [-0.25, -0.2) is 4.79 Å². The van der Waals surface area contributed by atoms with Crippen LogP contribution in [0.5, 0.6) is 0 Å². The maximum atomic E-state index is 12.4. The molecule has 1 aromatic carbocycles. The minimum absolute atomic E-state index is 0.144. The molecule has 2 aliphatic heterocycles. The Bertz CT molecular complexity index is 658. The van der Waals surface area contributed by atoms with E-state index in [2.05, 4.69) is 4.99 Å². The number of fused-ring (bicyclic) bond motifs is 1. The third-order valence-electron chi connectivity index (χ3n) is 4.30. The number of carbonyl (C=O) groups excluding carboxylic acids is 1. The Morgan fingerprint density at radius 2 is 2.04 bits per heavy atom. The number of aliphatic hydroxyl groups excluding tert-OH is 3. The van der Waals surface area contributed by atoms with Gasteiger partial charge in [-0.15, -0.1) is 0 Å². The molecule has 0 aliphatic carbocycles. The maximum absolute atomic E-state index is 12.4. The van der Waals surface area contributed by atoms with Crippen LogP contribution < -0.4 is 0 Å². The Labute approximate surface area is 155 Å². The lowest BCUT2D eigenvalue weighted by Crippen LogP contribution is -2.55. The number of ether oxygens (including phenoxy) is 2. The van der Waals surface area contributed by atoms with Crippen molar-refractivity contribution in [2.75, 3.05) is 13.2 Å². The molecular formula is C17H22N2O6S. The molecule has 1 amide bonds. The summed E-state index contributed by atoms with van der Waals surface area (Å²) in [6.07, 6.45) is -3.83. The van der Waals surface area contributed by atoms with Gasteiger partial charge in [0.2, 0.25) is 0 Å². The summed E-state index contributed by atoms with van der Waals surface area (Å²) < 4.78 is 10.9. The fourth-order valence-electron chi connectivity index (χ4n) is 2.84.